The molecular weight excluding hydrogens is 500 g/mol. The number of thioether (sulfide) groups is 1. The van der Waals surface area contributed by atoms with Crippen LogP contribution in [0.15, 0.2) is 71.6 Å². The molecule has 1 saturated heterocycles. The minimum absolute atomic E-state index is 0.160. The van der Waals surface area contributed by atoms with Crippen LogP contribution in [0.3, 0.4) is 0 Å². The van der Waals surface area contributed by atoms with E-state index in [1.165, 1.54) is 17.3 Å². The molecule has 178 valence electrons. The van der Waals surface area contributed by atoms with Gasteiger partial charge in [0.2, 0.25) is 0 Å². The SMILES string of the molecule is CCc1ccc(N2C(=O)/C(=C/c3cccc(OCC(=O)Nc4cccc(Cl)c4C)c3)SC2=S)cc1. The highest BCUT2D eigenvalue weighted by atomic mass is 35.5. The Labute approximate surface area is 219 Å². The van der Waals surface area contributed by atoms with E-state index in [1.807, 2.05) is 43.3 Å². The van der Waals surface area contributed by atoms with Crippen molar-refractivity contribution in [1.29, 1.82) is 0 Å². The van der Waals surface area contributed by atoms with Gasteiger partial charge in [0.05, 0.1) is 10.6 Å². The van der Waals surface area contributed by atoms with Crippen LogP contribution in [-0.2, 0) is 16.0 Å². The number of hydrogen-bond donors (Lipinski definition) is 1. The first-order valence-corrected chi connectivity index (χ1v) is 12.6. The van der Waals surface area contributed by atoms with Crippen molar-refractivity contribution in [2.75, 3.05) is 16.8 Å². The predicted molar refractivity (Wildman–Crippen MR) is 148 cm³/mol. The van der Waals surface area contributed by atoms with Gasteiger partial charge in [-0.05, 0) is 72.5 Å². The summed E-state index contributed by atoms with van der Waals surface area (Å²) < 4.78 is 6.16. The monoisotopic (exact) mass is 522 g/mol. The van der Waals surface area contributed by atoms with E-state index in [0.29, 0.717) is 25.7 Å². The molecule has 0 aromatic heterocycles. The summed E-state index contributed by atoms with van der Waals surface area (Å²) in [7, 11) is 0. The second-order valence-corrected chi connectivity index (χ2v) is 9.94. The minimum Gasteiger partial charge on any atom is -0.484 e. The van der Waals surface area contributed by atoms with Crippen molar-refractivity contribution in [1.82, 2.24) is 0 Å². The van der Waals surface area contributed by atoms with Crippen LogP contribution in [0, 0.1) is 6.92 Å². The van der Waals surface area contributed by atoms with E-state index >= 15 is 0 Å². The van der Waals surface area contributed by atoms with Crippen molar-refractivity contribution in [3.05, 3.63) is 93.3 Å². The second kappa shape index (κ2) is 11.1. The summed E-state index contributed by atoms with van der Waals surface area (Å²) in [5, 5.41) is 3.39. The minimum atomic E-state index is -0.296. The topological polar surface area (TPSA) is 58.6 Å². The third-order valence-electron chi connectivity index (χ3n) is 5.46. The van der Waals surface area contributed by atoms with Gasteiger partial charge in [0.1, 0.15) is 5.75 Å². The molecule has 35 heavy (non-hydrogen) atoms. The molecule has 1 aliphatic rings. The molecule has 5 nitrogen and oxygen atoms in total. The van der Waals surface area contributed by atoms with E-state index in [-0.39, 0.29) is 18.4 Å². The Morgan fingerprint density at radius 2 is 1.89 bits per heavy atom. The summed E-state index contributed by atoms with van der Waals surface area (Å²) in [6.45, 7) is 3.76. The zero-order valence-electron chi connectivity index (χ0n) is 19.2. The molecule has 0 aliphatic carbocycles. The maximum absolute atomic E-state index is 13.1. The molecule has 1 N–H and O–H groups in total. The summed E-state index contributed by atoms with van der Waals surface area (Å²) in [6.07, 6.45) is 2.71. The van der Waals surface area contributed by atoms with Gasteiger partial charge in [-0.2, -0.15) is 0 Å². The molecule has 1 heterocycles. The van der Waals surface area contributed by atoms with Crippen LogP contribution in [-0.4, -0.2) is 22.7 Å². The number of ether oxygens (including phenoxy) is 1. The van der Waals surface area contributed by atoms with E-state index in [0.717, 1.165) is 23.2 Å². The predicted octanol–water partition coefficient (Wildman–Crippen LogP) is 6.63. The molecule has 4 rings (SSSR count). The van der Waals surface area contributed by atoms with Crippen LogP contribution in [0.5, 0.6) is 5.75 Å². The fraction of sp³-hybridized carbons (Fsp3) is 0.148. The molecular formula is C27H23ClN2O3S2. The van der Waals surface area contributed by atoms with Crippen molar-refractivity contribution in [2.45, 2.75) is 20.3 Å². The lowest BCUT2D eigenvalue weighted by Gasteiger charge is -2.14. The standard InChI is InChI=1S/C27H23ClN2O3S2/c1-3-18-10-12-20(13-11-18)30-26(32)24(35-27(30)34)15-19-6-4-7-21(14-19)33-16-25(31)29-23-9-5-8-22(28)17(23)2/h4-15H,3,16H2,1-2H3,(H,29,31)/b24-15-. The third kappa shape index (κ3) is 5.93. The number of hydrogen-bond acceptors (Lipinski definition) is 5. The van der Waals surface area contributed by atoms with Crippen LogP contribution in [0.4, 0.5) is 11.4 Å². The van der Waals surface area contributed by atoms with Crippen molar-refractivity contribution in [3.8, 4) is 5.75 Å². The zero-order valence-corrected chi connectivity index (χ0v) is 21.6. The van der Waals surface area contributed by atoms with Gasteiger partial charge in [0.15, 0.2) is 10.9 Å². The third-order valence-corrected chi connectivity index (χ3v) is 7.18. The van der Waals surface area contributed by atoms with Gasteiger partial charge in [-0.3, -0.25) is 14.5 Å². The summed E-state index contributed by atoms with van der Waals surface area (Å²) in [5.74, 6) is 0.0601. The van der Waals surface area contributed by atoms with Gasteiger partial charge in [-0.15, -0.1) is 0 Å². The number of carbonyl (C=O) groups excluding carboxylic acids is 2. The molecule has 8 heteroatoms. The number of amides is 2. The number of nitrogens with zero attached hydrogens (tertiary/aromatic N) is 1. The van der Waals surface area contributed by atoms with E-state index in [9.17, 15) is 9.59 Å². The van der Waals surface area contributed by atoms with Crippen molar-refractivity contribution in [3.63, 3.8) is 0 Å². The molecule has 1 aliphatic heterocycles. The van der Waals surface area contributed by atoms with Gasteiger partial charge in [-0.25, -0.2) is 0 Å². The first kappa shape index (κ1) is 25.0. The Morgan fingerprint density at radius 3 is 2.63 bits per heavy atom. The van der Waals surface area contributed by atoms with Crippen LogP contribution < -0.4 is 15.0 Å². The van der Waals surface area contributed by atoms with Crippen LogP contribution >= 0.6 is 35.6 Å². The molecule has 0 radical (unpaired) electrons. The van der Waals surface area contributed by atoms with Gasteiger partial charge >= 0.3 is 0 Å². The smallest absolute Gasteiger partial charge is 0.270 e. The van der Waals surface area contributed by atoms with Gasteiger partial charge in [-0.1, -0.05) is 72.8 Å². The van der Waals surface area contributed by atoms with Gasteiger partial charge in [0, 0.05) is 10.7 Å². The molecule has 1 fully saturated rings. The van der Waals surface area contributed by atoms with Crippen molar-refractivity contribution >= 4 is 69.2 Å². The molecule has 0 atom stereocenters. The van der Waals surface area contributed by atoms with E-state index in [1.54, 1.807) is 41.3 Å². The highest BCUT2D eigenvalue weighted by molar-refractivity contribution is 8.27. The molecule has 0 unspecified atom stereocenters. The van der Waals surface area contributed by atoms with Crippen molar-refractivity contribution in [2.24, 2.45) is 0 Å². The summed E-state index contributed by atoms with van der Waals surface area (Å²) >= 11 is 12.8. The Balaban J connectivity index is 1.42. The number of benzene rings is 3. The average molecular weight is 523 g/mol. The van der Waals surface area contributed by atoms with Gasteiger partial charge < -0.3 is 10.1 Å². The molecule has 0 saturated carbocycles. The normalized spacial score (nSPS) is 14.5. The first-order chi connectivity index (χ1) is 16.9. The number of anilines is 2. The largest absolute Gasteiger partial charge is 0.484 e. The number of thiocarbonyl (C=S) groups is 1. The Bertz CT molecular complexity index is 1320. The number of carbonyl (C=O) groups is 2. The lowest BCUT2D eigenvalue weighted by atomic mass is 10.1. The summed E-state index contributed by atoms with van der Waals surface area (Å²) in [6, 6.07) is 20.4. The average Bonchev–Trinajstić information content (AvgIpc) is 3.13. The Kier molecular flexibility index (Phi) is 7.90. The maximum Gasteiger partial charge on any atom is 0.270 e. The van der Waals surface area contributed by atoms with Crippen LogP contribution in [0.1, 0.15) is 23.6 Å². The molecule has 3 aromatic rings. The zero-order chi connectivity index (χ0) is 24.9. The molecule has 2 amide bonds. The summed E-state index contributed by atoms with van der Waals surface area (Å²) in [4.78, 5) is 27.5. The lowest BCUT2D eigenvalue weighted by Crippen LogP contribution is -2.27. The Hall–Kier alpha value is -3.13. The fourth-order valence-electron chi connectivity index (χ4n) is 3.49. The molecule has 3 aromatic carbocycles. The van der Waals surface area contributed by atoms with E-state index < -0.39 is 0 Å². The first-order valence-electron chi connectivity index (χ1n) is 11.0. The lowest BCUT2D eigenvalue weighted by molar-refractivity contribution is -0.118. The Morgan fingerprint density at radius 1 is 1.14 bits per heavy atom. The number of halogens is 1. The number of aryl methyl sites for hydroxylation is 1. The van der Waals surface area contributed by atoms with Crippen LogP contribution in [0.25, 0.3) is 6.08 Å². The van der Waals surface area contributed by atoms with E-state index in [4.69, 9.17) is 28.6 Å². The maximum atomic E-state index is 13.1. The number of nitrogens with one attached hydrogen (secondary N) is 1. The number of rotatable bonds is 7. The fourth-order valence-corrected chi connectivity index (χ4v) is 4.97. The molecule has 0 bridgehead atoms. The highest BCUT2D eigenvalue weighted by Gasteiger charge is 2.33. The second-order valence-electron chi connectivity index (χ2n) is 7.86. The van der Waals surface area contributed by atoms with Crippen molar-refractivity contribution < 1.29 is 14.3 Å². The van der Waals surface area contributed by atoms with E-state index in [2.05, 4.69) is 12.2 Å². The van der Waals surface area contributed by atoms with Crippen LogP contribution in [0.2, 0.25) is 5.02 Å². The quantitative estimate of drug-likeness (QED) is 0.278. The summed E-state index contributed by atoms with van der Waals surface area (Å²) in [5.41, 5.74) is 4.17. The highest BCUT2D eigenvalue weighted by Crippen LogP contribution is 2.36. The van der Waals surface area contributed by atoms with Gasteiger partial charge in [0.25, 0.3) is 11.8 Å². The molecule has 0 spiro atoms.